The van der Waals surface area contributed by atoms with Crippen molar-refractivity contribution in [3.8, 4) is 5.75 Å². The molecule has 0 aromatic heterocycles. The van der Waals surface area contributed by atoms with Gasteiger partial charge in [0.1, 0.15) is 23.9 Å². The van der Waals surface area contributed by atoms with Gasteiger partial charge in [-0.25, -0.2) is 4.79 Å². The van der Waals surface area contributed by atoms with Gasteiger partial charge in [-0.05, 0) is 56.7 Å². The van der Waals surface area contributed by atoms with Gasteiger partial charge in [0.2, 0.25) is 17.7 Å². The van der Waals surface area contributed by atoms with E-state index in [0.29, 0.717) is 25.2 Å². The van der Waals surface area contributed by atoms with Crippen LogP contribution in [0.3, 0.4) is 0 Å². The van der Waals surface area contributed by atoms with Crippen molar-refractivity contribution >= 4 is 29.4 Å². The average Bonchev–Trinajstić information content (AvgIpc) is 3.38. The fourth-order valence-corrected chi connectivity index (χ4v) is 6.50. The van der Waals surface area contributed by atoms with Crippen LogP contribution in [0.25, 0.3) is 0 Å². The van der Waals surface area contributed by atoms with Crippen LogP contribution in [0, 0.1) is 5.92 Å². The van der Waals surface area contributed by atoms with Crippen LogP contribution in [-0.4, -0.2) is 77.3 Å². The molecule has 4 amide bonds. The highest BCUT2D eigenvalue weighted by molar-refractivity contribution is 6.34. The molecule has 1 saturated heterocycles. The fourth-order valence-electron chi connectivity index (χ4n) is 6.50. The summed E-state index contributed by atoms with van der Waals surface area (Å²) in [7, 11) is 0. The number of Topliss-reactive ketones (excluding diaryl/α,β-unsaturated/α-hetero) is 1. The number of quaternary nitrogens is 1. The minimum absolute atomic E-state index is 0.0583. The Morgan fingerprint density at radius 1 is 1.16 bits per heavy atom. The van der Waals surface area contributed by atoms with Crippen molar-refractivity contribution in [1.82, 2.24) is 15.5 Å². The highest BCUT2D eigenvalue weighted by Gasteiger charge is 2.46. The van der Waals surface area contributed by atoms with E-state index < -0.39 is 47.4 Å². The monoisotopic (exact) mass is 599 g/mol. The standard InChI is InChI=1S/C32H46N4O7/c1-4-9-24(28(38)29(33)39)34-30(40)25-18-23-19-36(25)31(41)27(21-11-6-5-7-12-21)35-26(37)17-20-10-8-13-22(16-20)42-15-14-32(2,3)43-23/h8,10,13,16,21,23-25,27H,4-7,9,11-12,14-15,17-19H2,1-3H3,(H2,33,39)(H,34,40)(H,35,37)/p+1/t23-,24?,25+,27+/m1/s1. The lowest BCUT2D eigenvalue weighted by atomic mass is 9.83. The van der Waals surface area contributed by atoms with E-state index in [-0.39, 0.29) is 43.5 Å². The molecule has 2 aliphatic heterocycles. The molecule has 4 bridgehead atoms. The van der Waals surface area contributed by atoms with Gasteiger partial charge in [0, 0.05) is 19.4 Å². The Bertz CT molecular complexity index is 1200. The van der Waals surface area contributed by atoms with Crippen molar-refractivity contribution in [2.75, 3.05) is 13.2 Å². The van der Waals surface area contributed by atoms with E-state index >= 15 is 0 Å². The molecule has 3 aliphatic rings. The molecule has 4 rings (SSSR count). The molecule has 1 unspecified atom stereocenters. The molecule has 2 fully saturated rings. The van der Waals surface area contributed by atoms with E-state index in [4.69, 9.17) is 9.47 Å². The molecule has 43 heavy (non-hydrogen) atoms. The van der Waals surface area contributed by atoms with Gasteiger partial charge in [-0.3, -0.25) is 24.9 Å². The zero-order chi connectivity index (χ0) is 31.1. The van der Waals surface area contributed by atoms with Gasteiger partial charge in [-0.2, -0.15) is 0 Å². The van der Waals surface area contributed by atoms with Crippen LogP contribution in [0.5, 0.6) is 5.75 Å². The van der Waals surface area contributed by atoms with Crippen molar-refractivity contribution in [3.05, 3.63) is 29.8 Å². The van der Waals surface area contributed by atoms with Crippen LogP contribution in [0.15, 0.2) is 24.3 Å². The third-order valence-corrected chi connectivity index (χ3v) is 8.76. The topological polar surface area (TPSA) is 159 Å². The molecule has 11 heteroatoms. The molecule has 1 aromatic carbocycles. The predicted molar refractivity (Wildman–Crippen MR) is 158 cm³/mol. The SMILES string of the molecule is CCCC(NC(=O)[C@@H]1C[C@@H]2CN1C(=O)[C@H](C1CCCCC1)NC(=O)Cc1cccc(c1)OCCC(C)(C)O2)C(=O)C([NH3+])=O. The summed E-state index contributed by atoms with van der Waals surface area (Å²) in [6.45, 7) is 6.31. The highest BCUT2D eigenvalue weighted by atomic mass is 16.5. The predicted octanol–water partition coefficient (Wildman–Crippen LogP) is 1.46. The Morgan fingerprint density at radius 2 is 1.91 bits per heavy atom. The molecule has 11 nitrogen and oxygen atoms in total. The Morgan fingerprint density at radius 3 is 2.60 bits per heavy atom. The molecule has 0 spiro atoms. The number of hydrogen-bond donors (Lipinski definition) is 3. The minimum Gasteiger partial charge on any atom is -0.493 e. The number of ketones is 1. The van der Waals surface area contributed by atoms with Crippen molar-refractivity contribution < 1.29 is 39.2 Å². The van der Waals surface area contributed by atoms with E-state index in [1.54, 1.807) is 0 Å². The van der Waals surface area contributed by atoms with Gasteiger partial charge < -0.3 is 25.0 Å². The van der Waals surface area contributed by atoms with Gasteiger partial charge >= 0.3 is 5.91 Å². The summed E-state index contributed by atoms with van der Waals surface area (Å²) < 4.78 is 12.5. The normalized spacial score (nSPS) is 25.8. The average molecular weight is 600 g/mol. The Labute approximate surface area is 253 Å². The molecule has 1 saturated carbocycles. The second kappa shape index (κ2) is 14.4. The molecular weight excluding hydrogens is 552 g/mol. The van der Waals surface area contributed by atoms with Crippen LogP contribution in [0.4, 0.5) is 0 Å². The van der Waals surface area contributed by atoms with Crippen LogP contribution in [0.2, 0.25) is 0 Å². The largest absolute Gasteiger partial charge is 0.493 e. The van der Waals surface area contributed by atoms with Gasteiger partial charge in [0.15, 0.2) is 0 Å². The van der Waals surface area contributed by atoms with E-state index in [0.717, 1.165) is 37.7 Å². The lowest BCUT2D eigenvalue weighted by molar-refractivity contribution is -0.300. The number of rotatable bonds is 7. The highest BCUT2D eigenvalue weighted by Crippen LogP contribution is 2.32. The third-order valence-electron chi connectivity index (χ3n) is 8.76. The number of nitrogens with one attached hydrogen (secondary N) is 2. The molecular formula is C32H47N4O7+. The van der Waals surface area contributed by atoms with Crippen LogP contribution >= 0.6 is 0 Å². The first-order chi connectivity index (χ1) is 20.5. The van der Waals surface area contributed by atoms with E-state index in [1.807, 2.05) is 45.0 Å². The van der Waals surface area contributed by atoms with Crippen molar-refractivity contribution in [2.24, 2.45) is 5.92 Å². The van der Waals surface area contributed by atoms with E-state index in [9.17, 15) is 24.0 Å². The van der Waals surface area contributed by atoms with E-state index in [1.165, 1.54) is 4.90 Å². The third kappa shape index (κ3) is 8.63. The smallest absolute Gasteiger partial charge is 0.379 e. The van der Waals surface area contributed by atoms with Crippen LogP contribution in [0.1, 0.15) is 84.1 Å². The van der Waals surface area contributed by atoms with Crippen LogP contribution in [-0.2, 0) is 35.1 Å². The number of amides is 4. The Kier molecular flexibility index (Phi) is 10.9. The van der Waals surface area contributed by atoms with Gasteiger partial charge in [0.05, 0.1) is 24.7 Å². The summed E-state index contributed by atoms with van der Waals surface area (Å²) in [5.74, 6) is -2.14. The number of fused-ring (bicyclic) bond motifs is 4. The van der Waals surface area contributed by atoms with Crippen molar-refractivity contribution in [2.45, 2.75) is 115 Å². The van der Waals surface area contributed by atoms with E-state index in [2.05, 4.69) is 16.4 Å². The summed E-state index contributed by atoms with van der Waals surface area (Å²) in [6.07, 6.45) is 5.88. The number of carbonyl (C=O) groups is 5. The fraction of sp³-hybridized carbons (Fsp3) is 0.656. The number of carbonyl (C=O) groups excluding carboxylic acids is 5. The maximum atomic E-state index is 14.4. The zero-order valence-electron chi connectivity index (χ0n) is 25.7. The number of ether oxygens (including phenoxy) is 2. The molecule has 2 heterocycles. The molecule has 1 aromatic rings. The Hall–Kier alpha value is -3.31. The minimum atomic E-state index is -1.02. The zero-order valence-corrected chi connectivity index (χ0v) is 25.7. The summed E-state index contributed by atoms with van der Waals surface area (Å²) >= 11 is 0. The van der Waals surface area contributed by atoms with Crippen molar-refractivity contribution in [3.63, 3.8) is 0 Å². The van der Waals surface area contributed by atoms with Gasteiger partial charge in [0.25, 0.3) is 5.78 Å². The lowest BCUT2D eigenvalue weighted by Crippen LogP contribution is -2.65. The first-order valence-corrected chi connectivity index (χ1v) is 15.7. The molecule has 0 radical (unpaired) electrons. The second-order valence-corrected chi connectivity index (χ2v) is 12.7. The maximum Gasteiger partial charge on any atom is 0.379 e. The Balaban J connectivity index is 1.66. The number of benzene rings is 1. The molecule has 1 aliphatic carbocycles. The van der Waals surface area contributed by atoms with Crippen molar-refractivity contribution in [1.29, 1.82) is 0 Å². The second-order valence-electron chi connectivity index (χ2n) is 12.7. The first-order valence-electron chi connectivity index (χ1n) is 15.7. The molecule has 236 valence electrons. The first kappa shape index (κ1) is 32.6. The van der Waals surface area contributed by atoms with Crippen LogP contribution < -0.4 is 21.1 Å². The number of hydrogen-bond acceptors (Lipinski definition) is 7. The summed E-state index contributed by atoms with van der Waals surface area (Å²) in [5, 5.41) is 5.76. The van der Waals surface area contributed by atoms with Gasteiger partial charge in [-0.15, -0.1) is 0 Å². The lowest BCUT2D eigenvalue weighted by Gasteiger charge is -2.35. The summed E-state index contributed by atoms with van der Waals surface area (Å²) in [6, 6.07) is 4.66. The maximum absolute atomic E-state index is 14.4. The summed E-state index contributed by atoms with van der Waals surface area (Å²) in [5.41, 5.74) is 3.38. The quantitative estimate of drug-likeness (QED) is 0.400. The number of nitrogens with zero attached hydrogens (tertiary/aromatic N) is 1. The molecule has 5 N–H and O–H groups in total. The summed E-state index contributed by atoms with van der Waals surface area (Å²) in [4.78, 5) is 67.3. The molecule has 4 atom stereocenters. The van der Waals surface area contributed by atoms with Gasteiger partial charge in [-0.1, -0.05) is 44.7 Å².